The first-order valence-corrected chi connectivity index (χ1v) is 24.5. The molecule has 3 nitrogen and oxygen atoms in total. The van der Waals surface area contributed by atoms with E-state index in [4.69, 9.17) is 4.74 Å². The molecule has 0 fully saturated rings. The number of anilines is 6. The maximum atomic E-state index is 7.36. The molecule has 0 bridgehead atoms. The molecule has 0 radical (unpaired) electrons. The summed E-state index contributed by atoms with van der Waals surface area (Å²) in [6, 6.07) is 84.3. The third-order valence-electron chi connectivity index (χ3n) is 13.8. The lowest BCUT2D eigenvalue weighted by Crippen LogP contribution is -2.62. The van der Waals surface area contributed by atoms with Crippen molar-refractivity contribution >= 4 is 104 Å². The van der Waals surface area contributed by atoms with Gasteiger partial charge in [-0.05, 0) is 111 Å². The number of hydrogen-bond acceptors (Lipinski definition) is 5. The first-order chi connectivity index (χ1) is 33.2. The summed E-state index contributed by atoms with van der Waals surface area (Å²) < 4.78 is 7.36. The summed E-state index contributed by atoms with van der Waals surface area (Å²) in [7, 11) is 0. The van der Waals surface area contributed by atoms with Gasteiger partial charge in [-0.15, -0.1) is 0 Å². The molecule has 0 aromatic heterocycles. The summed E-state index contributed by atoms with van der Waals surface area (Å²) >= 11 is 3.78. The van der Waals surface area contributed by atoms with Crippen molar-refractivity contribution in [3.8, 4) is 33.8 Å². The molecule has 0 unspecified atom stereocenters. The molecule has 0 saturated heterocycles. The van der Waals surface area contributed by atoms with Gasteiger partial charge in [-0.25, -0.2) is 0 Å². The van der Waals surface area contributed by atoms with E-state index in [9.17, 15) is 0 Å². The van der Waals surface area contributed by atoms with Gasteiger partial charge in [0.05, 0.1) is 5.69 Å². The maximum Gasteiger partial charge on any atom is 0.256 e. The second-order valence-corrected chi connectivity index (χ2v) is 19.7. The van der Waals surface area contributed by atoms with Crippen molar-refractivity contribution < 1.29 is 4.74 Å². The molecule has 10 aromatic rings. The number of rotatable bonds is 6. The zero-order chi connectivity index (χ0) is 44.0. The van der Waals surface area contributed by atoms with Crippen molar-refractivity contribution in [2.45, 2.75) is 19.6 Å². The number of nitrogens with zero attached hydrogens (tertiary/aromatic N) is 2. The molecular weight excluding hydrogens is 850 g/mol. The average Bonchev–Trinajstić information content (AvgIpc) is 3.39. The average molecular weight is 889 g/mol. The number of benzene rings is 10. The zero-order valence-electron chi connectivity index (χ0n) is 36.2. The molecule has 0 amide bonds. The number of ether oxygens (including phenoxy) is 1. The van der Waals surface area contributed by atoms with Crippen LogP contribution in [-0.4, -0.2) is 13.4 Å². The number of para-hydroxylation sites is 4. The van der Waals surface area contributed by atoms with Gasteiger partial charge in [0.15, 0.2) is 0 Å². The van der Waals surface area contributed by atoms with Crippen molar-refractivity contribution in [3.05, 3.63) is 231 Å². The Labute approximate surface area is 399 Å². The molecule has 0 aliphatic carbocycles. The van der Waals surface area contributed by atoms with Gasteiger partial charge < -0.3 is 14.5 Å². The zero-order valence-corrected chi connectivity index (χ0v) is 37.8. The highest BCUT2D eigenvalue weighted by atomic mass is 32.2. The molecule has 0 spiro atoms. The van der Waals surface area contributed by atoms with E-state index in [1.165, 1.54) is 69.2 Å². The Balaban J connectivity index is 0.980. The van der Waals surface area contributed by atoms with Crippen LogP contribution in [-0.2, 0) is 0 Å². The third-order valence-corrected chi connectivity index (χ3v) is 16.1. The van der Waals surface area contributed by atoms with Crippen molar-refractivity contribution in [2.24, 2.45) is 0 Å². The van der Waals surface area contributed by atoms with Crippen molar-refractivity contribution in [3.63, 3.8) is 0 Å². The predicted molar refractivity (Wildman–Crippen MR) is 284 cm³/mol. The molecule has 4 aliphatic heterocycles. The van der Waals surface area contributed by atoms with Crippen LogP contribution < -0.4 is 47.3 Å². The fourth-order valence-corrected chi connectivity index (χ4v) is 13.4. The van der Waals surface area contributed by atoms with Crippen molar-refractivity contribution in [1.29, 1.82) is 0 Å². The SMILES string of the molecule is c1ccc(-c2cc3c4c(c2)N(c2ccccc2-c2ccccc2)c2ccccc2B4c2cc4c(cc2O3)Sc2cc(N(c3ccccc3)c3ccccc3)cc3c2B4c2ccccc2S3)cc1. The van der Waals surface area contributed by atoms with Crippen LogP contribution in [0, 0.1) is 0 Å². The number of hydrogen-bond donors (Lipinski definition) is 0. The highest BCUT2D eigenvalue weighted by Crippen LogP contribution is 2.48. The molecule has 312 valence electrons. The summed E-state index contributed by atoms with van der Waals surface area (Å²) in [5.74, 6) is 1.82. The van der Waals surface area contributed by atoms with Crippen molar-refractivity contribution in [2.75, 3.05) is 9.80 Å². The molecule has 67 heavy (non-hydrogen) atoms. The van der Waals surface area contributed by atoms with Crippen LogP contribution in [0.3, 0.4) is 0 Å². The Morgan fingerprint density at radius 3 is 1.63 bits per heavy atom. The number of fused-ring (bicyclic) bond motifs is 8. The lowest BCUT2D eigenvalue weighted by molar-refractivity contribution is 0.486. The van der Waals surface area contributed by atoms with Crippen LogP contribution >= 0.6 is 23.5 Å². The van der Waals surface area contributed by atoms with E-state index in [1.54, 1.807) is 0 Å². The van der Waals surface area contributed by atoms with Crippen LogP contribution in [0.15, 0.2) is 250 Å². The Hall–Kier alpha value is -7.57. The molecule has 4 heterocycles. The fourth-order valence-electron chi connectivity index (χ4n) is 10.9. The van der Waals surface area contributed by atoms with Gasteiger partial charge in [0.2, 0.25) is 6.71 Å². The Morgan fingerprint density at radius 1 is 0.343 bits per heavy atom. The van der Waals surface area contributed by atoms with Gasteiger partial charge in [0.25, 0.3) is 6.71 Å². The summed E-state index contributed by atoms with van der Waals surface area (Å²) in [6.45, 7) is 0.0151. The molecule has 0 atom stereocenters. The van der Waals surface area contributed by atoms with E-state index in [-0.39, 0.29) is 13.4 Å². The van der Waals surface area contributed by atoms with Crippen molar-refractivity contribution in [1.82, 2.24) is 0 Å². The highest BCUT2D eigenvalue weighted by Gasteiger charge is 2.45. The topological polar surface area (TPSA) is 15.7 Å². The van der Waals surface area contributed by atoms with E-state index in [0.717, 1.165) is 51.1 Å². The first-order valence-electron chi connectivity index (χ1n) is 22.9. The maximum absolute atomic E-state index is 7.36. The first kappa shape index (κ1) is 38.7. The molecule has 10 aromatic carbocycles. The fraction of sp³-hybridized carbons (Fsp3) is 0. The Bertz CT molecular complexity index is 3550. The summed E-state index contributed by atoms with van der Waals surface area (Å²) in [6.07, 6.45) is 0. The van der Waals surface area contributed by atoms with Gasteiger partial charge in [-0.2, -0.15) is 0 Å². The van der Waals surface area contributed by atoms with E-state index >= 15 is 0 Å². The quantitative estimate of drug-likeness (QED) is 0.154. The van der Waals surface area contributed by atoms with Crippen LogP contribution in [0.4, 0.5) is 34.1 Å². The van der Waals surface area contributed by atoms with Gasteiger partial charge >= 0.3 is 0 Å². The molecule has 4 aliphatic rings. The minimum atomic E-state index is -0.0491. The second-order valence-electron chi connectivity index (χ2n) is 17.6. The van der Waals surface area contributed by atoms with E-state index in [0.29, 0.717) is 0 Å². The monoisotopic (exact) mass is 888 g/mol. The van der Waals surface area contributed by atoms with Gasteiger partial charge in [-0.3, -0.25) is 0 Å². The largest absolute Gasteiger partial charge is 0.458 e. The second kappa shape index (κ2) is 15.5. The van der Waals surface area contributed by atoms with Gasteiger partial charge in [0, 0.05) is 53.6 Å². The summed E-state index contributed by atoms with van der Waals surface area (Å²) in [5, 5.41) is 0. The normalized spacial score (nSPS) is 13.3. The lowest BCUT2D eigenvalue weighted by atomic mass is 9.32. The smallest absolute Gasteiger partial charge is 0.256 e. The molecule has 0 saturated carbocycles. The summed E-state index contributed by atoms with van der Waals surface area (Å²) in [4.78, 5) is 10.0. The van der Waals surface area contributed by atoms with E-state index in [1.807, 2.05) is 23.5 Å². The minimum absolute atomic E-state index is 0.0491. The van der Waals surface area contributed by atoms with Crippen LogP contribution in [0.5, 0.6) is 11.5 Å². The predicted octanol–water partition coefficient (Wildman–Crippen LogP) is 12.3. The Kier molecular flexibility index (Phi) is 8.96. The standard InChI is InChI=1S/C60H38B2N2OS2/c1-5-19-39(20-6-1)41-33-52-59-54(34-41)65-53-38-56-49(37-48(53)61(59)46-28-14-17-31-51(46)64(52)50-30-16-13-27-45(50)40-21-7-2-8-22-40)62-47-29-15-18-32-55(47)66-57-35-44(36-58(67-56)60(57)62)63(42-23-9-3-10-24-42)43-25-11-4-12-26-43/h1-38H. The van der Waals surface area contributed by atoms with Crippen LogP contribution in [0.2, 0.25) is 0 Å². The van der Waals surface area contributed by atoms with E-state index < -0.39 is 0 Å². The molecule has 0 N–H and O–H groups in total. The van der Waals surface area contributed by atoms with Crippen LogP contribution in [0.25, 0.3) is 22.3 Å². The lowest BCUT2D eigenvalue weighted by Gasteiger charge is -2.41. The Morgan fingerprint density at radius 2 is 0.910 bits per heavy atom. The molecule has 14 rings (SSSR count). The van der Waals surface area contributed by atoms with Gasteiger partial charge in [0.1, 0.15) is 11.5 Å². The molecular formula is C60H38B2N2OS2. The van der Waals surface area contributed by atoms with Gasteiger partial charge in [-0.1, -0.05) is 192 Å². The highest BCUT2D eigenvalue weighted by molar-refractivity contribution is 8.01. The third kappa shape index (κ3) is 6.19. The van der Waals surface area contributed by atoms with E-state index in [2.05, 4.69) is 240 Å². The summed E-state index contributed by atoms with van der Waals surface area (Å²) in [5.41, 5.74) is 19.3. The molecule has 7 heteroatoms. The van der Waals surface area contributed by atoms with Crippen LogP contribution in [0.1, 0.15) is 0 Å². The minimum Gasteiger partial charge on any atom is -0.458 e.